The first-order chi connectivity index (χ1) is 15.5. The van der Waals surface area contributed by atoms with Crippen LogP contribution in [-0.2, 0) is 6.54 Å². The lowest BCUT2D eigenvalue weighted by Gasteiger charge is -2.07. The van der Waals surface area contributed by atoms with Gasteiger partial charge in [0.25, 0.3) is 5.56 Å². The number of carbonyl (C=O) groups is 1. The Balaban J connectivity index is 1.84. The van der Waals surface area contributed by atoms with Gasteiger partial charge in [-0.05, 0) is 40.5 Å². The van der Waals surface area contributed by atoms with Crippen LogP contribution in [0.1, 0.15) is 6.92 Å². The number of rotatable bonds is 6. The van der Waals surface area contributed by atoms with Gasteiger partial charge in [0.15, 0.2) is 0 Å². The zero-order chi connectivity index (χ0) is 22.7. The number of urea groups is 1. The summed E-state index contributed by atoms with van der Waals surface area (Å²) in [7, 11) is 0. The summed E-state index contributed by atoms with van der Waals surface area (Å²) in [5, 5.41) is 14.6. The van der Waals surface area contributed by atoms with Crippen molar-refractivity contribution in [3.63, 3.8) is 0 Å². The normalized spacial score (nSPS) is 11.0. The van der Waals surface area contributed by atoms with Crippen molar-refractivity contribution in [3.8, 4) is 17.1 Å². The molecular weight excluding hydrogens is 478 g/mol. The Bertz CT molecular complexity index is 1330. The molecule has 4 aromatic heterocycles. The number of hydrogen-bond donors (Lipinski definition) is 3. The minimum atomic E-state index is -0.346. The topological polar surface area (TPSA) is 127 Å². The summed E-state index contributed by atoms with van der Waals surface area (Å²) in [5.74, 6) is 0.402. The maximum atomic E-state index is 12.3. The number of pyridine rings is 2. The van der Waals surface area contributed by atoms with Crippen LogP contribution in [0, 0.1) is 0 Å². The number of fused-ring (bicyclic) bond motifs is 1. The standard InChI is InChI=1S/C21H20BrN7O3/c1-2-23-21(32)27-16-12-29(20-25-10-15(22)11-26-20)17-7-14(9-24-19(16)17)13-3-4-28(5-6-30)18(31)8-13/h3-4,7-12,30H,2,5-6H2,1H3,(H2,23,27,32). The first kappa shape index (κ1) is 21.7. The van der Waals surface area contributed by atoms with Crippen LogP contribution in [0.25, 0.3) is 28.1 Å². The van der Waals surface area contributed by atoms with Gasteiger partial charge in [-0.1, -0.05) is 0 Å². The third-order valence-electron chi connectivity index (χ3n) is 4.72. The predicted molar refractivity (Wildman–Crippen MR) is 124 cm³/mol. The molecule has 10 nitrogen and oxygen atoms in total. The van der Waals surface area contributed by atoms with Gasteiger partial charge in [-0.25, -0.2) is 14.8 Å². The summed E-state index contributed by atoms with van der Waals surface area (Å²) in [6, 6.07) is 4.80. The molecule has 4 rings (SSSR count). The molecule has 11 heteroatoms. The number of carbonyl (C=O) groups excluding carboxylic acids is 1. The van der Waals surface area contributed by atoms with Crippen LogP contribution in [0.2, 0.25) is 0 Å². The number of anilines is 1. The number of aliphatic hydroxyl groups excluding tert-OH is 1. The van der Waals surface area contributed by atoms with E-state index in [1.165, 1.54) is 10.6 Å². The predicted octanol–water partition coefficient (Wildman–Crippen LogP) is 2.54. The Morgan fingerprint density at radius 1 is 1.16 bits per heavy atom. The van der Waals surface area contributed by atoms with Crippen molar-refractivity contribution >= 4 is 38.7 Å². The van der Waals surface area contributed by atoms with Gasteiger partial charge in [0.2, 0.25) is 5.95 Å². The van der Waals surface area contributed by atoms with Crippen LogP contribution >= 0.6 is 15.9 Å². The van der Waals surface area contributed by atoms with Crippen LogP contribution in [0.15, 0.2) is 58.5 Å². The van der Waals surface area contributed by atoms with E-state index in [9.17, 15) is 9.59 Å². The average Bonchev–Trinajstić information content (AvgIpc) is 3.13. The zero-order valence-electron chi connectivity index (χ0n) is 17.1. The zero-order valence-corrected chi connectivity index (χ0v) is 18.7. The molecule has 0 aliphatic carbocycles. The van der Waals surface area contributed by atoms with Crippen molar-refractivity contribution in [2.45, 2.75) is 13.5 Å². The highest BCUT2D eigenvalue weighted by Crippen LogP contribution is 2.30. The molecule has 0 unspecified atom stereocenters. The van der Waals surface area contributed by atoms with Crippen LogP contribution in [0.5, 0.6) is 0 Å². The molecule has 3 N–H and O–H groups in total. The van der Waals surface area contributed by atoms with Crippen molar-refractivity contribution in [1.82, 2.24) is 29.4 Å². The third-order valence-corrected chi connectivity index (χ3v) is 5.13. The van der Waals surface area contributed by atoms with Crippen LogP contribution in [0.4, 0.5) is 10.5 Å². The lowest BCUT2D eigenvalue weighted by atomic mass is 10.1. The van der Waals surface area contributed by atoms with Crippen LogP contribution in [-0.4, -0.2) is 48.4 Å². The van der Waals surface area contributed by atoms with Gasteiger partial charge in [-0.2, -0.15) is 0 Å². The highest BCUT2D eigenvalue weighted by atomic mass is 79.9. The van der Waals surface area contributed by atoms with Crippen molar-refractivity contribution in [2.75, 3.05) is 18.5 Å². The van der Waals surface area contributed by atoms with Crippen LogP contribution < -0.4 is 16.2 Å². The van der Waals surface area contributed by atoms with E-state index in [0.29, 0.717) is 40.3 Å². The minimum absolute atomic E-state index is 0.116. The SMILES string of the molecule is CCNC(=O)Nc1cn(-c2ncc(Br)cn2)c2cc(-c3ccn(CCO)c(=O)c3)cnc12. The first-order valence-electron chi connectivity index (χ1n) is 9.85. The quantitative estimate of drug-likeness (QED) is 0.375. The average molecular weight is 498 g/mol. The van der Waals surface area contributed by atoms with Crippen molar-refractivity contribution in [1.29, 1.82) is 0 Å². The number of halogens is 1. The minimum Gasteiger partial charge on any atom is -0.395 e. The molecule has 164 valence electrons. The highest BCUT2D eigenvalue weighted by Gasteiger charge is 2.16. The van der Waals surface area contributed by atoms with E-state index >= 15 is 0 Å². The second-order valence-corrected chi connectivity index (χ2v) is 7.78. The van der Waals surface area contributed by atoms with Crippen molar-refractivity contribution < 1.29 is 9.90 Å². The van der Waals surface area contributed by atoms with Gasteiger partial charge in [-0.3, -0.25) is 14.3 Å². The molecule has 0 fully saturated rings. The molecule has 4 heterocycles. The summed E-state index contributed by atoms with van der Waals surface area (Å²) in [4.78, 5) is 37.7. The number of nitrogens with zero attached hydrogens (tertiary/aromatic N) is 5. The number of hydrogen-bond acceptors (Lipinski definition) is 6. The summed E-state index contributed by atoms with van der Waals surface area (Å²) in [5.41, 5.74) is 2.90. The fourth-order valence-electron chi connectivity index (χ4n) is 3.26. The Labute approximate surface area is 191 Å². The largest absolute Gasteiger partial charge is 0.395 e. The number of nitrogens with one attached hydrogen (secondary N) is 2. The second-order valence-electron chi connectivity index (χ2n) is 6.86. The van der Waals surface area contributed by atoms with Gasteiger partial charge in [-0.15, -0.1) is 0 Å². The fourth-order valence-corrected chi connectivity index (χ4v) is 3.46. The molecule has 4 aromatic rings. The molecule has 0 saturated heterocycles. The van der Waals surface area contributed by atoms with E-state index in [-0.39, 0.29) is 24.7 Å². The summed E-state index contributed by atoms with van der Waals surface area (Å²) in [6.07, 6.45) is 8.24. The summed E-state index contributed by atoms with van der Waals surface area (Å²) < 4.78 is 3.90. The Morgan fingerprint density at radius 3 is 2.62 bits per heavy atom. The van der Waals surface area contributed by atoms with Crippen molar-refractivity contribution in [2.24, 2.45) is 0 Å². The van der Waals surface area contributed by atoms with Gasteiger partial charge >= 0.3 is 6.03 Å². The van der Waals surface area contributed by atoms with Gasteiger partial charge < -0.3 is 20.3 Å². The Hall–Kier alpha value is -3.57. The van der Waals surface area contributed by atoms with E-state index in [1.54, 1.807) is 41.6 Å². The van der Waals surface area contributed by atoms with Gasteiger partial charge in [0, 0.05) is 55.7 Å². The smallest absolute Gasteiger partial charge is 0.319 e. The van der Waals surface area contributed by atoms with Gasteiger partial charge in [0.1, 0.15) is 5.52 Å². The summed E-state index contributed by atoms with van der Waals surface area (Å²) >= 11 is 3.33. The van der Waals surface area contributed by atoms with E-state index in [4.69, 9.17) is 5.11 Å². The molecular formula is C21H20BrN7O3. The highest BCUT2D eigenvalue weighted by molar-refractivity contribution is 9.10. The van der Waals surface area contributed by atoms with E-state index in [0.717, 1.165) is 4.47 Å². The van der Waals surface area contributed by atoms with E-state index in [2.05, 4.69) is 41.5 Å². The van der Waals surface area contributed by atoms with Crippen molar-refractivity contribution in [3.05, 3.63) is 64.0 Å². The monoisotopic (exact) mass is 497 g/mol. The van der Waals surface area contributed by atoms with E-state index in [1.807, 2.05) is 13.0 Å². The Kier molecular flexibility index (Phi) is 6.28. The first-order valence-corrected chi connectivity index (χ1v) is 10.6. The number of amides is 2. The molecule has 0 atom stereocenters. The van der Waals surface area contributed by atoms with Gasteiger partial charge in [0.05, 0.1) is 22.3 Å². The molecule has 32 heavy (non-hydrogen) atoms. The Morgan fingerprint density at radius 2 is 1.94 bits per heavy atom. The fraction of sp³-hybridized carbons (Fsp3) is 0.190. The molecule has 0 aliphatic rings. The molecule has 0 radical (unpaired) electrons. The lowest BCUT2D eigenvalue weighted by Crippen LogP contribution is -2.28. The summed E-state index contributed by atoms with van der Waals surface area (Å²) in [6.45, 7) is 2.43. The molecule has 2 amide bonds. The number of aliphatic hydroxyl groups is 1. The third kappa shape index (κ3) is 4.39. The maximum Gasteiger partial charge on any atom is 0.319 e. The molecule has 0 bridgehead atoms. The molecule has 0 aliphatic heterocycles. The van der Waals surface area contributed by atoms with Crippen LogP contribution in [0.3, 0.4) is 0 Å². The number of aromatic nitrogens is 5. The molecule has 0 spiro atoms. The second kappa shape index (κ2) is 9.28. The maximum absolute atomic E-state index is 12.3. The molecule has 0 aromatic carbocycles. The molecule has 0 saturated carbocycles. The van der Waals surface area contributed by atoms with E-state index < -0.39 is 0 Å². The lowest BCUT2D eigenvalue weighted by molar-refractivity contribution is 0.252.